The molecular weight excluding hydrogens is 338 g/mol. The van der Waals surface area contributed by atoms with Crippen LogP contribution in [0.3, 0.4) is 0 Å². The van der Waals surface area contributed by atoms with Gasteiger partial charge in [-0.05, 0) is 25.0 Å². The molecular formula is C17H23N5O2S. The first-order valence-electron chi connectivity index (χ1n) is 8.14. The normalized spacial score (nSPS) is 12.2. The van der Waals surface area contributed by atoms with Crippen LogP contribution in [0.2, 0.25) is 0 Å². The highest BCUT2D eigenvalue weighted by molar-refractivity contribution is 7.99. The minimum atomic E-state index is -0.407. The van der Waals surface area contributed by atoms with Crippen LogP contribution in [0.5, 0.6) is 0 Å². The Morgan fingerprint density at radius 1 is 1.24 bits per heavy atom. The third-order valence-electron chi connectivity index (χ3n) is 3.67. The van der Waals surface area contributed by atoms with Crippen LogP contribution < -0.4 is 11.1 Å². The monoisotopic (exact) mass is 361 g/mol. The lowest BCUT2D eigenvalue weighted by molar-refractivity contribution is -0.115. The SMILES string of the molecule is CCn1c(SCC(N)=O)nnc1[C@H](NC(=O)c1ccccc1)C(C)C. The molecule has 0 aliphatic heterocycles. The molecule has 2 rings (SSSR count). The van der Waals surface area contributed by atoms with Gasteiger partial charge >= 0.3 is 0 Å². The Morgan fingerprint density at radius 3 is 2.48 bits per heavy atom. The first-order chi connectivity index (χ1) is 11.9. The molecule has 0 radical (unpaired) electrons. The quantitative estimate of drug-likeness (QED) is 0.700. The second-order valence-electron chi connectivity index (χ2n) is 5.90. The molecule has 0 saturated heterocycles. The van der Waals surface area contributed by atoms with E-state index < -0.39 is 5.91 Å². The van der Waals surface area contributed by atoms with E-state index in [-0.39, 0.29) is 23.6 Å². The van der Waals surface area contributed by atoms with Crippen molar-refractivity contribution < 1.29 is 9.59 Å². The van der Waals surface area contributed by atoms with E-state index in [1.165, 1.54) is 11.8 Å². The fraction of sp³-hybridized carbons (Fsp3) is 0.412. The maximum absolute atomic E-state index is 12.5. The molecule has 0 fully saturated rings. The van der Waals surface area contributed by atoms with Crippen LogP contribution in [0, 0.1) is 5.92 Å². The summed E-state index contributed by atoms with van der Waals surface area (Å²) in [5.41, 5.74) is 5.80. The first kappa shape index (κ1) is 19.0. The highest BCUT2D eigenvalue weighted by Crippen LogP contribution is 2.25. The van der Waals surface area contributed by atoms with Crippen LogP contribution in [0.25, 0.3) is 0 Å². The van der Waals surface area contributed by atoms with Gasteiger partial charge in [-0.1, -0.05) is 43.8 Å². The van der Waals surface area contributed by atoms with Crippen molar-refractivity contribution in [1.29, 1.82) is 0 Å². The summed E-state index contributed by atoms with van der Waals surface area (Å²) in [6, 6.07) is 8.77. The highest BCUT2D eigenvalue weighted by Gasteiger charge is 2.26. The topological polar surface area (TPSA) is 103 Å². The molecule has 134 valence electrons. The number of amides is 2. The molecule has 1 atom stereocenters. The average molecular weight is 361 g/mol. The second kappa shape index (κ2) is 8.66. The van der Waals surface area contributed by atoms with E-state index in [0.29, 0.717) is 23.1 Å². The largest absolute Gasteiger partial charge is 0.369 e. The number of primary amides is 1. The van der Waals surface area contributed by atoms with Gasteiger partial charge < -0.3 is 15.6 Å². The zero-order chi connectivity index (χ0) is 18.4. The summed E-state index contributed by atoms with van der Waals surface area (Å²) >= 11 is 1.25. The number of thioether (sulfide) groups is 1. The summed E-state index contributed by atoms with van der Waals surface area (Å²) < 4.78 is 1.91. The molecule has 8 heteroatoms. The Bertz CT molecular complexity index is 730. The van der Waals surface area contributed by atoms with E-state index in [2.05, 4.69) is 15.5 Å². The number of rotatable bonds is 8. The maximum atomic E-state index is 12.5. The molecule has 0 spiro atoms. The van der Waals surface area contributed by atoms with Gasteiger partial charge in [0.25, 0.3) is 5.91 Å². The molecule has 7 nitrogen and oxygen atoms in total. The minimum Gasteiger partial charge on any atom is -0.369 e. The number of hydrogen-bond acceptors (Lipinski definition) is 5. The van der Waals surface area contributed by atoms with Crippen molar-refractivity contribution in [2.24, 2.45) is 11.7 Å². The number of carbonyl (C=O) groups excluding carboxylic acids is 2. The predicted octanol–water partition coefficient (Wildman–Crippen LogP) is 2.00. The fourth-order valence-corrected chi connectivity index (χ4v) is 3.16. The second-order valence-corrected chi connectivity index (χ2v) is 6.84. The van der Waals surface area contributed by atoms with Crippen LogP contribution in [0.1, 0.15) is 43.0 Å². The summed E-state index contributed by atoms with van der Waals surface area (Å²) in [6.07, 6.45) is 0. The number of carbonyl (C=O) groups is 2. The van der Waals surface area contributed by atoms with E-state index in [0.717, 1.165) is 0 Å². The smallest absolute Gasteiger partial charge is 0.251 e. The van der Waals surface area contributed by atoms with E-state index in [1.807, 2.05) is 43.5 Å². The minimum absolute atomic E-state index is 0.121. The van der Waals surface area contributed by atoms with Crippen molar-refractivity contribution in [2.45, 2.75) is 38.5 Å². The Balaban J connectivity index is 2.25. The number of nitrogens with zero attached hydrogens (tertiary/aromatic N) is 3. The molecule has 0 bridgehead atoms. The molecule has 2 aromatic rings. The van der Waals surface area contributed by atoms with Gasteiger partial charge in [-0.15, -0.1) is 10.2 Å². The van der Waals surface area contributed by atoms with Gasteiger partial charge in [0.15, 0.2) is 11.0 Å². The summed E-state index contributed by atoms with van der Waals surface area (Å²) in [5, 5.41) is 12.1. The van der Waals surface area contributed by atoms with Crippen molar-refractivity contribution in [2.75, 3.05) is 5.75 Å². The molecule has 1 heterocycles. The van der Waals surface area contributed by atoms with Crippen LogP contribution in [-0.4, -0.2) is 32.3 Å². The lowest BCUT2D eigenvalue weighted by atomic mass is 10.0. The number of hydrogen-bond donors (Lipinski definition) is 2. The molecule has 25 heavy (non-hydrogen) atoms. The third kappa shape index (κ3) is 4.82. The number of aromatic nitrogens is 3. The highest BCUT2D eigenvalue weighted by atomic mass is 32.2. The van der Waals surface area contributed by atoms with Gasteiger partial charge in [0.2, 0.25) is 5.91 Å². The van der Waals surface area contributed by atoms with Gasteiger partial charge in [-0.2, -0.15) is 0 Å². The van der Waals surface area contributed by atoms with E-state index >= 15 is 0 Å². The van der Waals surface area contributed by atoms with E-state index in [4.69, 9.17) is 5.73 Å². The molecule has 2 amide bonds. The van der Waals surface area contributed by atoms with Crippen molar-refractivity contribution >= 4 is 23.6 Å². The number of nitrogens with one attached hydrogen (secondary N) is 1. The maximum Gasteiger partial charge on any atom is 0.251 e. The number of nitrogens with two attached hydrogens (primary N) is 1. The van der Waals surface area contributed by atoms with Crippen molar-refractivity contribution in [3.8, 4) is 0 Å². The van der Waals surface area contributed by atoms with Crippen molar-refractivity contribution in [1.82, 2.24) is 20.1 Å². The molecule has 3 N–H and O–H groups in total. The van der Waals surface area contributed by atoms with Crippen LogP contribution in [-0.2, 0) is 11.3 Å². The van der Waals surface area contributed by atoms with Gasteiger partial charge in [0.1, 0.15) is 0 Å². The lowest BCUT2D eigenvalue weighted by Gasteiger charge is -2.22. The summed E-state index contributed by atoms with van der Waals surface area (Å²) in [4.78, 5) is 23.5. The molecule has 1 aromatic carbocycles. The Labute approximate surface area is 151 Å². The first-order valence-corrected chi connectivity index (χ1v) is 9.12. The average Bonchev–Trinajstić information content (AvgIpc) is 3.00. The summed E-state index contributed by atoms with van der Waals surface area (Å²) in [5.74, 6) is 0.372. The molecule has 1 aromatic heterocycles. The Hall–Kier alpha value is -2.35. The van der Waals surface area contributed by atoms with Gasteiger partial charge in [-0.25, -0.2) is 0 Å². The van der Waals surface area contributed by atoms with Crippen LogP contribution in [0.4, 0.5) is 0 Å². The van der Waals surface area contributed by atoms with Crippen molar-refractivity contribution in [3.63, 3.8) is 0 Å². The molecule has 0 aliphatic rings. The van der Waals surface area contributed by atoms with Gasteiger partial charge in [0.05, 0.1) is 11.8 Å². The third-order valence-corrected chi connectivity index (χ3v) is 4.66. The van der Waals surface area contributed by atoms with Crippen LogP contribution in [0.15, 0.2) is 35.5 Å². The van der Waals surface area contributed by atoms with Gasteiger partial charge in [0, 0.05) is 12.1 Å². The fourth-order valence-electron chi connectivity index (χ4n) is 2.41. The Kier molecular flexibility index (Phi) is 6.58. The number of benzene rings is 1. The lowest BCUT2D eigenvalue weighted by Crippen LogP contribution is -2.33. The molecule has 0 unspecified atom stereocenters. The van der Waals surface area contributed by atoms with Crippen LogP contribution >= 0.6 is 11.8 Å². The zero-order valence-corrected chi connectivity index (χ0v) is 15.4. The molecule has 0 aliphatic carbocycles. The predicted molar refractivity (Wildman–Crippen MR) is 97.1 cm³/mol. The Morgan fingerprint density at radius 2 is 1.92 bits per heavy atom. The van der Waals surface area contributed by atoms with E-state index in [1.54, 1.807) is 12.1 Å². The summed E-state index contributed by atoms with van der Waals surface area (Å²) in [7, 11) is 0. The summed E-state index contributed by atoms with van der Waals surface area (Å²) in [6.45, 7) is 6.63. The zero-order valence-electron chi connectivity index (χ0n) is 14.6. The standard InChI is InChI=1S/C17H23N5O2S/c1-4-22-15(20-21-17(22)25-10-13(18)23)14(11(2)3)19-16(24)12-8-6-5-7-9-12/h5-9,11,14H,4,10H2,1-3H3,(H2,18,23)(H,19,24)/t14-/m1/s1. The molecule has 0 saturated carbocycles. The van der Waals surface area contributed by atoms with Crippen molar-refractivity contribution in [3.05, 3.63) is 41.7 Å². The van der Waals surface area contributed by atoms with Gasteiger partial charge in [-0.3, -0.25) is 9.59 Å². The van der Waals surface area contributed by atoms with E-state index in [9.17, 15) is 9.59 Å².